The maximum atomic E-state index is 10.8. The zero-order valence-electron chi connectivity index (χ0n) is 7.41. The molecule has 0 saturated carbocycles. The Hall–Kier alpha value is -0.650. The maximum Gasteiger partial charge on any atom is 0.225 e. The van der Waals surface area contributed by atoms with Crippen molar-refractivity contribution in [3.8, 4) is 0 Å². The van der Waals surface area contributed by atoms with Gasteiger partial charge in [-0.2, -0.15) is 0 Å². The second-order valence-electron chi connectivity index (χ2n) is 3.56. The molecule has 2 saturated heterocycles. The van der Waals surface area contributed by atoms with E-state index in [-0.39, 0.29) is 11.8 Å². The fraction of sp³-hybridized carbons (Fsp3) is 0.875. The topological polar surface area (TPSA) is 73.6 Å². The molecule has 13 heavy (non-hydrogen) atoms. The average molecular weight is 186 g/mol. The van der Waals surface area contributed by atoms with Crippen LogP contribution >= 0.6 is 0 Å². The molecular weight excluding hydrogens is 172 g/mol. The molecule has 0 aromatic carbocycles. The van der Waals surface area contributed by atoms with Crippen LogP contribution in [0.1, 0.15) is 6.42 Å². The van der Waals surface area contributed by atoms with E-state index in [0.29, 0.717) is 19.8 Å². The summed E-state index contributed by atoms with van der Waals surface area (Å²) in [5.74, 6) is -1.11. The van der Waals surface area contributed by atoms with Crippen LogP contribution in [0.3, 0.4) is 0 Å². The van der Waals surface area contributed by atoms with Gasteiger partial charge in [-0.05, 0) is 0 Å². The van der Waals surface area contributed by atoms with Crippen LogP contribution in [0.4, 0.5) is 0 Å². The van der Waals surface area contributed by atoms with E-state index in [1.807, 2.05) is 0 Å². The van der Waals surface area contributed by atoms with Crippen LogP contribution in [0, 0.1) is 5.92 Å². The minimum absolute atomic E-state index is 0.286. The zero-order chi connectivity index (χ0) is 9.31. The van der Waals surface area contributed by atoms with Gasteiger partial charge in [0.2, 0.25) is 5.91 Å². The fourth-order valence-corrected chi connectivity index (χ4v) is 1.65. The monoisotopic (exact) mass is 186 g/mol. The SMILES string of the molecule is NC(=O)C1COC2(CCNC2)OC1. The van der Waals surface area contributed by atoms with Crippen molar-refractivity contribution in [3.63, 3.8) is 0 Å². The van der Waals surface area contributed by atoms with Gasteiger partial charge in [0.15, 0.2) is 5.79 Å². The first-order valence-electron chi connectivity index (χ1n) is 4.50. The van der Waals surface area contributed by atoms with E-state index in [2.05, 4.69) is 5.32 Å². The van der Waals surface area contributed by atoms with E-state index in [9.17, 15) is 4.79 Å². The lowest BCUT2D eigenvalue weighted by molar-refractivity contribution is -0.267. The van der Waals surface area contributed by atoms with Gasteiger partial charge < -0.3 is 20.5 Å². The molecule has 2 aliphatic rings. The standard InChI is InChI=1S/C8H14N2O3/c9-7(11)6-3-12-8(13-4-6)1-2-10-5-8/h6,10H,1-5H2,(H2,9,11). The number of carbonyl (C=O) groups excluding carboxylic acids is 1. The Labute approximate surface area is 76.6 Å². The second-order valence-corrected chi connectivity index (χ2v) is 3.56. The molecule has 3 N–H and O–H groups in total. The van der Waals surface area contributed by atoms with E-state index in [4.69, 9.17) is 15.2 Å². The maximum absolute atomic E-state index is 10.8. The third-order valence-corrected chi connectivity index (χ3v) is 2.57. The zero-order valence-corrected chi connectivity index (χ0v) is 7.41. The predicted molar refractivity (Wildman–Crippen MR) is 44.8 cm³/mol. The lowest BCUT2D eigenvalue weighted by Crippen LogP contribution is -2.48. The molecule has 0 aromatic rings. The average Bonchev–Trinajstić information content (AvgIpc) is 2.54. The summed E-state index contributed by atoms with van der Waals surface area (Å²) in [5, 5.41) is 3.16. The molecule has 2 heterocycles. The summed E-state index contributed by atoms with van der Waals surface area (Å²) in [6.07, 6.45) is 0.846. The fourth-order valence-electron chi connectivity index (χ4n) is 1.65. The number of nitrogens with two attached hydrogens (primary N) is 1. The van der Waals surface area contributed by atoms with Gasteiger partial charge in [-0.15, -0.1) is 0 Å². The minimum atomic E-state index is -0.480. The molecule has 0 bridgehead atoms. The molecule has 5 nitrogen and oxygen atoms in total. The molecular formula is C8H14N2O3. The number of hydrogen-bond donors (Lipinski definition) is 2. The molecule has 2 aliphatic heterocycles. The van der Waals surface area contributed by atoms with E-state index in [1.54, 1.807) is 0 Å². The Bertz CT molecular complexity index is 203. The number of rotatable bonds is 1. The first-order chi connectivity index (χ1) is 6.22. The third-order valence-electron chi connectivity index (χ3n) is 2.57. The van der Waals surface area contributed by atoms with Crippen molar-refractivity contribution in [2.45, 2.75) is 12.2 Å². The largest absolute Gasteiger partial charge is 0.369 e. The summed E-state index contributed by atoms with van der Waals surface area (Å²) in [6.45, 7) is 2.38. The van der Waals surface area contributed by atoms with Gasteiger partial charge in [0.1, 0.15) is 0 Å². The summed E-state index contributed by atoms with van der Waals surface area (Å²) in [4.78, 5) is 10.8. The second kappa shape index (κ2) is 3.25. The summed E-state index contributed by atoms with van der Waals surface area (Å²) < 4.78 is 11.0. The first kappa shape index (κ1) is 8.93. The van der Waals surface area contributed by atoms with E-state index in [0.717, 1.165) is 13.0 Å². The molecule has 0 radical (unpaired) electrons. The molecule has 2 fully saturated rings. The summed E-state index contributed by atoms with van der Waals surface area (Å²) in [6, 6.07) is 0. The van der Waals surface area contributed by atoms with Crippen LogP contribution in [0.25, 0.3) is 0 Å². The van der Waals surface area contributed by atoms with Gasteiger partial charge in [0.05, 0.1) is 19.1 Å². The van der Waals surface area contributed by atoms with Gasteiger partial charge >= 0.3 is 0 Å². The highest BCUT2D eigenvalue weighted by molar-refractivity contribution is 5.76. The van der Waals surface area contributed by atoms with Crippen molar-refractivity contribution in [1.82, 2.24) is 5.32 Å². The first-order valence-corrected chi connectivity index (χ1v) is 4.50. The van der Waals surface area contributed by atoms with Crippen molar-refractivity contribution in [3.05, 3.63) is 0 Å². The molecule has 74 valence electrons. The van der Waals surface area contributed by atoms with Crippen molar-refractivity contribution >= 4 is 5.91 Å². The van der Waals surface area contributed by atoms with Crippen molar-refractivity contribution < 1.29 is 14.3 Å². The molecule has 0 atom stereocenters. The predicted octanol–water partition coefficient (Wildman–Crippen LogP) is -1.18. The number of amides is 1. The number of nitrogens with one attached hydrogen (secondary N) is 1. The Balaban J connectivity index is 1.91. The van der Waals surface area contributed by atoms with Gasteiger partial charge in [-0.25, -0.2) is 0 Å². The van der Waals surface area contributed by atoms with E-state index < -0.39 is 5.79 Å². The highest BCUT2D eigenvalue weighted by Gasteiger charge is 2.41. The lowest BCUT2D eigenvalue weighted by Gasteiger charge is -2.35. The van der Waals surface area contributed by atoms with Crippen molar-refractivity contribution in [1.29, 1.82) is 0 Å². The molecule has 0 unspecified atom stereocenters. The van der Waals surface area contributed by atoms with Gasteiger partial charge in [0.25, 0.3) is 0 Å². The Kier molecular flexibility index (Phi) is 2.23. The quantitative estimate of drug-likeness (QED) is 0.541. The van der Waals surface area contributed by atoms with E-state index >= 15 is 0 Å². The van der Waals surface area contributed by atoms with Crippen LogP contribution in [-0.2, 0) is 14.3 Å². The summed E-state index contributed by atoms with van der Waals surface area (Å²) in [5.41, 5.74) is 5.14. The number of hydrogen-bond acceptors (Lipinski definition) is 4. The summed E-state index contributed by atoms with van der Waals surface area (Å²) in [7, 11) is 0. The van der Waals surface area contributed by atoms with Crippen molar-refractivity contribution in [2.24, 2.45) is 11.7 Å². The third kappa shape index (κ3) is 1.67. The van der Waals surface area contributed by atoms with Crippen LogP contribution < -0.4 is 11.1 Å². The Morgan fingerprint density at radius 3 is 2.62 bits per heavy atom. The van der Waals surface area contributed by atoms with Crippen LogP contribution in [0.2, 0.25) is 0 Å². The van der Waals surface area contributed by atoms with Gasteiger partial charge in [0, 0.05) is 19.5 Å². The van der Waals surface area contributed by atoms with Crippen molar-refractivity contribution in [2.75, 3.05) is 26.3 Å². The summed E-state index contributed by atoms with van der Waals surface area (Å²) >= 11 is 0. The minimum Gasteiger partial charge on any atom is -0.369 e. The highest BCUT2D eigenvalue weighted by Crippen LogP contribution is 2.27. The van der Waals surface area contributed by atoms with Gasteiger partial charge in [-0.1, -0.05) is 0 Å². The molecule has 0 aromatic heterocycles. The number of ether oxygens (including phenoxy) is 2. The Morgan fingerprint density at radius 1 is 1.46 bits per heavy atom. The Morgan fingerprint density at radius 2 is 2.15 bits per heavy atom. The molecule has 0 aliphatic carbocycles. The normalized spacial score (nSPS) is 39.5. The molecule has 1 spiro atoms. The molecule has 2 rings (SSSR count). The highest BCUT2D eigenvalue weighted by atomic mass is 16.7. The number of carbonyl (C=O) groups is 1. The lowest BCUT2D eigenvalue weighted by atomic mass is 10.1. The molecule has 5 heteroatoms. The van der Waals surface area contributed by atoms with Crippen LogP contribution in [0.15, 0.2) is 0 Å². The van der Waals surface area contributed by atoms with E-state index in [1.165, 1.54) is 0 Å². The number of primary amides is 1. The van der Waals surface area contributed by atoms with Crippen LogP contribution in [-0.4, -0.2) is 38.0 Å². The smallest absolute Gasteiger partial charge is 0.225 e. The van der Waals surface area contributed by atoms with Gasteiger partial charge in [-0.3, -0.25) is 4.79 Å². The molecule has 1 amide bonds. The van der Waals surface area contributed by atoms with Crippen LogP contribution in [0.5, 0.6) is 0 Å².